The average molecular weight is 425 g/mol. The molecule has 0 amide bonds. The lowest BCUT2D eigenvalue weighted by Crippen LogP contribution is -2.47. The van der Waals surface area contributed by atoms with Gasteiger partial charge in [0.1, 0.15) is 11.6 Å². The van der Waals surface area contributed by atoms with Gasteiger partial charge in [-0.25, -0.2) is 8.42 Å². The molecule has 0 spiro atoms. The molecule has 2 aromatic carbocycles. The van der Waals surface area contributed by atoms with Gasteiger partial charge in [-0.1, -0.05) is 56.3 Å². The molecule has 1 aliphatic heterocycles. The number of hydrogen-bond acceptors (Lipinski definition) is 4. The molecule has 30 heavy (non-hydrogen) atoms. The Balaban J connectivity index is 1.44. The summed E-state index contributed by atoms with van der Waals surface area (Å²) < 4.78 is 28.6. The van der Waals surface area contributed by atoms with E-state index in [0.29, 0.717) is 44.1 Å². The first-order valence-electron chi connectivity index (χ1n) is 10.8. The molecule has 3 aliphatic rings. The standard InChI is InChI=1S/C24H28N2O3S/c1-23(2)19-10-11-24(23,21(27)15-19)16-30(28,29)26-13-12-25-22(26)14-18-8-5-7-17-6-3-4-9-20(17)18/h3-9,19H,10-16H2,1-2H3/t19-,24-/m0/s1. The van der Waals surface area contributed by atoms with Crippen LogP contribution in [0.4, 0.5) is 0 Å². The minimum Gasteiger partial charge on any atom is -0.299 e. The quantitative estimate of drug-likeness (QED) is 0.733. The van der Waals surface area contributed by atoms with Crippen molar-refractivity contribution in [3.05, 3.63) is 48.0 Å². The first kappa shape index (κ1) is 19.7. The van der Waals surface area contributed by atoms with E-state index in [2.05, 4.69) is 37.0 Å². The Hall–Kier alpha value is -2.21. The van der Waals surface area contributed by atoms with Crippen LogP contribution in [0.2, 0.25) is 0 Å². The van der Waals surface area contributed by atoms with E-state index in [-0.39, 0.29) is 17.0 Å². The predicted molar refractivity (Wildman–Crippen MR) is 119 cm³/mol. The molecule has 2 fully saturated rings. The molecule has 2 saturated carbocycles. The fraction of sp³-hybridized carbons (Fsp3) is 0.500. The molecule has 6 heteroatoms. The van der Waals surface area contributed by atoms with Gasteiger partial charge in [0, 0.05) is 12.8 Å². The third-order valence-corrected chi connectivity index (χ3v) is 9.94. The molecule has 5 nitrogen and oxygen atoms in total. The number of ketones is 1. The van der Waals surface area contributed by atoms with Gasteiger partial charge in [-0.05, 0) is 40.5 Å². The Morgan fingerprint density at radius 3 is 2.63 bits per heavy atom. The van der Waals surface area contributed by atoms with Crippen molar-refractivity contribution in [2.75, 3.05) is 18.8 Å². The van der Waals surface area contributed by atoms with Crippen LogP contribution in [0.25, 0.3) is 10.8 Å². The number of benzene rings is 2. The van der Waals surface area contributed by atoms with E-state index in [1.807, 2.05) is 24.3 Å². The van der Waals surface area contributed by atoms with Gasteiger partial charge in [-0.3, -0.25) is 14.1 Å². The van der Waals surface area contributed by atoms with Gasteiger partial charge in [0.05, 0.1) is 24.3 Å². The number of rotatable bonds is 5. The number of nitrogens with zero attached hydrogens (tertiary/aromatic N) is 2. The lowest BCUT2D eigenvalue weighted by atomic mass is 9.70. The number of hydrogen-bond donors (Lipinski definition) is 0. The van der Waals surface area contributed by atoms with Gasteiger partial charge < -0.3 is 0 Å². The topological polar surface area (TPSA) is 66.8 Å². The van der Waals surface area contributed by atoms with E-state index in [1.165, 1.54) is 4.31 Å². The average Bonchev–Trinajstić information content (AvgIpc) is 3.32. The van der Waals surface area contributed by atoms with Crippen molar-refractivity contribution in [2.24, 2.45) is 21.7 Å². The van der Waals surface area contributed by atoms with Crippen LogP contribution < -0.4 is 0 Å². The monoisotopic (exact) mass is 424 g/mol. The van der Waals surface area contributed by atoms with E-state index in [1.54, 1.807) is 0 Å². The second-order valence-electron chi connectivity index (χ2n) is 9.61. The predicted octanol–water partition coefficient (Wildman–Crippen LogP) is 3.82. The minimum atomic E-state index is -3.63. The molecular weight excluding hydrogens is 396 g/mol. The summed E-state index contributed by atoms with van der Waals surface area (Å²) in [4.78, 5) is 17.4. The van der Waals surface area contributed by atoms with Crippen LogP contribution in [0.5, 0.6) is 0 Å². The number of sulfonamides is 1. The van der Waals surface area contributed by atoms with Crippen LogP contribution in [-0.2, 0) is 21.2 Å². The Labute approximate surface area is 178 Å². The Morgan fingerprint density at radius 1 is 1.13 bits per heavy atom. The molecule has 0 radical (unpaired) electrons. The molecule has 2 aliphatic carbocycles. The van der Waals surface area contributed by atoms with Crippen molar-refractivity contribution in [1.82, 2.24) is 4.31 Å². The number of carbonyl (C=O) groups excluding carboxylic acids is 1. The summed E-state index contributed by atoms with van der Waals surface area (Å²) in [6.45, 7) is 5.02. The van der Waals surface area contributed by atoms with Gasteiger partial charge >= 0.3 is 0 Å². The first-order valence-corrected chi connectivity index (χ1v) is 12.4. The summed E-state index contributed by atoms with van der Waals surface area (Å²) in [5.41, 5.74) is 0.0679. The minimum absolute atomic E-state index is 0.0864. The van der Waals surface area contributed by atoms with Crippen LogP contribution in [-0.4, -0.2) is 43.2 Å². The van der Waals surface area contributed by atoms with Crippen molar-refractivity contribution >= 4 is 32.4 Å². The number of carbonyl (C=O) groups is 1. The van der Waals surface area contributed by atoms with Crippen LogP contribution in [0, 0.1) is 16.7 Å². The number of amidine groups is 1. The molecule has 158 valence electrons. The van der Waals surface area contributed by atoms with Crippen molar-refractivity contribution in [2.45, 2.75) is 39.5 Å². The first-order chi connectivity index (χ1) is 14.2. The molecule has 0 aromatic heterocycles. The lowest BCUT2D eigenvalue weighted by Gasteiger charge is -2.37. The highest BCUT2D eigenvalue weighted by atomic mass is 32.2. The zero-order chi connectivity index (χ0) is 21.1. The van der Waals surface area contributed by atoms with Gasteiger partial charge in [0.15, 0.2) is 0 Å². The highest BCUT2D eigenvalue weighted by Gasteiger charge is 2.65. The van der Waals surface area contributed by atoms with Crippen molar-refractivity contribution < 1.29 is 13.2 Å². The van der Waals surface area contributed by atoms with E-state index in [4.69, 9.17) is 0 Å². The van der Waals surface area contributed by atoms with Crippen LogP contribution in [0.3, 0.4) is 0 Å². The van der Waals surface area contributed by atoms with Crippen molar-refractivity contribution in [3.8, 4) is 0 Å². The Kier molecular flexibility index (Phi) is 4.37. The molecule has 2 aromatic rings. The van der Waals surface area contributed by atoms with E-state index in [0.717, 1.165) is 22.8 Å². The summed E-state index contributed by atoms with van der Waals surface area (Å²) in [6, 6.07) is 14.2. The second-order valence-corrected chi connectivity index (χ2v) is 11.5. The number of fused-ring (bicyclic) bond motifs is 3. The molecule has 0 unspecified atom stereocenters. The smallest absolute Gasteiger partial charge is 0.237 e. The fourth-order valence-corrected chi connectivity index (χ4v) is 8.30. The summed E-state index contributed by atoms with van der Waals surface area (Å²) in [6.07, 6.45) is 2.64. The maximum Gasteiger partial charge on any atom is 0.237 e. The SMILES string of the molecule is CC1(C)[C@H]2CC[C@]1(CS(=O)(=O)N1CCN=C1Cc1cccc3ccccc13)C(=O)C2. The summed E-state index contributed by atoms with van der Waals surface area (Å²) in [5.74, 6) is 0.957. The summed E-state index contributed by atoms with van der Waals surface area (Å²) in [5, 5.41) is 2.26. The molecular formula is C24H28N2O3S. The van der Waals surface area contributed by atoms with Gasteiger partial charge in [-0.2, -0.15) is 0 Å². The molecule has 5 rings (SSSR count). The second kappa shape index (κ2) is 6.64. The van der Waals surface area contributed by atoms with E-state index >= 15 is 0 Å². The maximum atomic E-state index is 13.6. The Bertz CT molecular complexity index is 1160. The van der Waals surface area contributed by atoms with Gasteiger partial charge in [0.25, 0.3) is 0 Å². The molecule has 2 atom stereocenters. The summed E-state index contributed by atoms with van der Waals surface area (Å²) >= 11 is 0. The van der Waals surface area contributed by atoms with Crippen LogP contribution >= 0.6 is 0 Å². The van der Waals surface area contributed by atoms with E-state index in [9.17, 15) is 13.2 Å². The van der Waals surface area contributed by atoms with E-state index < -0.39 is 15.4 Å². The van der Waals surface area contributed by atoms with Crippen LogP contribution in [0.1, 0.15) is 38.7 Å². The third-order valence-electron chi connectivity index (χ3n) is 8.02. The fourth-order valence-electron chi connectivity index (χ4n) is 6.04. The van der Waals surface area contributed by atoms with Crippen molar-refractivity contribution in [1.29, 1.82) is 0 Å². The van der Waals surface area contributed by atoms with Crippen LogP contribution in [0.15, 0.2) is 47.5 Å². The zero-order valence-corrected chi connectivity index (χ0v) is 18.4. The maximum absolute atomic E-state index is 13.6. The molecule has 2 bridgehead atoms. The normalized spacial score (nSPS) is 27.8. The summed E-state index contributed by atoms with van der Waals surface area (Å²) in [7, 11) is -3.63. The molecule has 1 heterocycles. The van der Waals surface area contributed by atoms with Crippen molar-refractivity contribution in [3.63, 3.8) is 0 Å². The zero-order valence-electron chi connectivity index (χ0n) is 17.6. The molecule has 0 saturated heterocycles. The van der Waals surface area contributed by atoms with Gasteiger partial charge in [0.2, 0.25) is 10.0 Å². The highest BCUT2D eigenvalue weighted by molar-refractivity contribution is 7.89. The Morgan fingerprint density at radius 2 is 1.90 bits per heavy atom. The lowest BCUT2D eigenvalue weighted by molar-refractivity contribution is -0.128. The molecule has 0 N–H and O–H groups in total. The highest BCUT2D eigenvalue weighted by Crippen LogP contribution is 2.64. The largest absolute Gasteiger partial charge is 0.299 e. The van der Waals surface area contributed by atoms with Gasteiger partial charge in [-0.15, -0.1) is 0 Å². The third kappa shape index (κ3) is 2.76. The number of aliphatic imine (C=N–C) groups is 1. The number of Topliss-reactive ketones (excluding diaryl/α,β-unsaturated/α-hetero) is 1.